The summed E-state index contributed by atoms with van der Waals surface area (Å²) >= 11 is 1.55. The maximum atomic E-state index is 12.2. The first-order valence-corrected chi connectivity index (χ1v) is 8.98. The molecule has 2 N–H and O–H groups in total. The smallest absolute Gasteiger partial charge is 0.408 e. The number of amides is 1. The van der Waals surface area contributed by atoms with Gasteiger partial charge in [0, 0.05) is 35.5 Å². The van der Waals surface area contributed by atoms with Gasteiger partial charge >= 0.3 is 5.76 Å². The molecule has 0 saturated carbocycles. The van der Waals surface area contributed by atoms with Crippen LogP contribution in [0.2, 0.25) is 0 Å². The van der Waals surface area contributed by atoms with Crippen LogP contribution in [0.5, 0.6) is 0 Å². The molecular weight excluding hydrogens is 350 g/mol. The Hall–Kier alpha value is -3.19. The lowest BCUT2D eigenvalue weighted by Gasteiger charge is -2.04. The van der Waals surface area contributed by atoms with Crippen LogP contribution >= 0.6 is 11.3 Å². The van der Waals surface area contributed by atoms with Crippen molar-refractivity contribution in [2.24, 2.45) is 0 Å². The van der Waals surface area contributed by atoms with E-state index in [-0.39, 0.29) is 5.91 Å². The van der Waals surface area contributed by atoms with E-state index in [1.165, 1.54) is 0 Å². The average Bonchev–Trinajstić information content (AvgIpc) is 3.26. The summed E-state index contributed by atoms with van der Waals surface area (Å²) < 4.78 is 4.99. The molecule has 0 atom stereocenters. The number of carbonyl (C=O) groups is 1. The van der Waals surface area contributed by atoms with Crippen LogP contribution in [0.25, 0.3) is 22.4 Å². The normalized spacial score (nSPS) is 10.9. The van der Waals surface area contributed by atoms with E-state index in [0.717, 1.165) is 16.3 Å². The fourth-order valence-corrected chi connectivity index (χ4v) is 3.44. The SMILES string of the molecule is O=C(CCc1nc(-c2ccccc2)cs1)Nc1ccc2[nH]c(=O)oc2c1. The van der Waals surface area contributed by atoms with Crippen LogP contribution in [-0.2, 0) is 11.2 Å². The van der Waals surface area contributed by atoms with Gasteiger partial charge in [0.2, 0.25) is 5.91 Å². The van der Waals surface area contributed by atoms with Gasteiger partial charge in [-0.1, -0.05) is 30.3 Å². The first kappa shape index (κ1) is 16.3. The van der Waals surface area contributed by atoms with Crippen molar-refractivity contribution in [2.75, 3.05) is 5.32 Å². The number of H-pyrrole nitrogens is 1. The van der Waals surface area contributed by atoms with E-state index < -0.39 is 5.76 Å². The zero-order chi connectivity index (χ0) is 17.9. The summed E-state index contributed by atoms with van der Waals surface area (Å²) in [4.78, 5) is 30.5. The molecule has 130 valence electrons. The number of aromatic nitrogens is 2. The highest BCUT2D eigenvalue weighted by molar-refractivity contribution is 7.09. The summed E-state index contributed by atoms with van der Waals surface area (Å²) in [7, 11) is 0. The number of oxazole rings is 1. The number of carbonyl (C=O) groups excluding carboxylic acids is 1. The molecule has 0 bridgehead atoms. The van der Waals surface area contributed by atoms with Gasteiger partial charge in [-0.05, 0) is 12.1 Å². The Morgan fingerprint density at radius 3 is 2.88 bits per heavy atom. The summed E-state index contributed by atoms with van der Waals surface area (Å²) in [6.07, 6.45) is 0.904. The molecule has 4 aromatic rings. The lowest BCUT2D eigenvalue weighted by atomic mass is 10.2. The molecule has 26 heavy (non-hydrogen) atoms. The topological polar surface area (TPSA) is 88.0 Å². The molecule has 0 unspecified atom stereocenters. The minimum atomic E-state index is -0.513. The molecule has 6 nitrogen and oxygen atoms in total. The predicted octanol–water partition coefficient (Wildman–Crippen LogP) is 3.82. The second kappa shape index (κ2) is 6.97. The van der Waals surface area contributed by atoms with Crippen LogP contribution in [0.3, 0.4) is 0 Å². The number of fused-ring (bicyclic) bond motifs is 1. The van der Waals surface area contributed by atoms with Gasteiger partial charge in [0.1, 0.15) is 0 Å². The molecule has 4 rings (SSSR count). The molecule has 0 fully saturated rings. The molecular formula is C19H15N3O3S. The molecule has 0 saturated heterocycles. The first-order valence-electron chi connectivity index (χ1n) is 8.10. The lowest BCUT2D eigenvalue weighted by Crippen LogP contribution is -2.12. The Balaban J connectivity index is 1.37. The molecule has 0 spiro atoms. The zero-order valence-corrected chi connectivity index (χ0v) is 14.5. The van der Waals surface area contributed by atoms with Crippen LogP contribution in [-0.4, -0.2) is 15.9 Å². The molecule has 2 heterocycles. The van der Waals surface area contributed by atoms with Crippen molar-refractivity contribution >= 4 is 34.0 Å². The third-order valence-electron chi connectivity index (χ3n) is 3.89. The van der Waals surface area contributed by atoms with Crippen molar-refractivity contribution in [3.63, 3.8) is 0 Å². The third-order valence-corrected chi connectivity index (χ3v) is 4.80. The van der Waals surface area contributed by atoms with Gasteiger partial charge < -0.3 is 9.73 Å². The summed E-state index contributed by atoms with van der Waals surface area (Å²) in [5.41, 5.74) is 3.61. The van der Waals surface area contributed by atoms with Gasteiger partial charge in [0.25, 0.3) is 0 Å². The van der Waals surface area contributed by atoms with Crippen LogP contribution in [0, 0.1) is 0 Å². The largest absolute Gasteiger partial charge is 0.417 e. The number of benzene rings is 2. The molecule has 2 aromatic heterocycles. The van der Waals surface area contributed by atoms with E-state index in [1.54, 1.807) is 29.5 Å². The molecule has 0 aliphatic carbocycles. The molecule has 0 aliphatic rings. The van der Waals surface area contributed by atoms with E-state index in [1.807, 2.05) is 35.7 Å². The van der Waals surface area contributed by atoms with Crippen molar-refractivity contribution in [1.82, 2.24) is 9.97 Å². The van der Waals surface area contributed by atoms with Crippen LogP contribution in [0.1, 0.15) is 11.4 Å². The van der Waals surface area contributed by atoms with Gasteiger partial charge in [-0.3, -0.25) is 9.78 Å². The summed E-state index contributed by atoms with van der Waals surface area (Å²) in [5.74, 6) is -0.625. The highest BCUT2D eigenvalue weighted by atomic mass is 32.1. The van der Waals surface area contributed by atoms with Crippen molar-refractivity contribution < 1.29 is 9.21 Å². The third kappa shape index (κ3) is 3.57. The Bertz CT molecular complexity index is 1110. The minimum Gasteiger partial charge on any atom is -0.408 e. The number of thiazole rings is 1. The molecule has 7 heteroatoms. The van der Waals surface area contributed by atoms with Gasteiger partial charge in [-0.2, -0.15) is 0 Å². The fourth-order valence-electron chi connectivity index (χ4n) is 2.63. The summed E-state index contributed by atoms with van der Waals surface area (Å²) in [5, 5.41) is 5.74. The van der Waals surface area contributed by atoms with E-state index >= 15 is 0 Å². The van der Waals surface area contributed by atoms with Crippen LogP contribution in [0.15, 0.2) is 63.1 Å². The number of hydrogen-bond acceptors (Lipinski definition) is 5. The Labute approximate surface area is 152 Å². The van der Waals surface area contributed by atoms with Gasteiger partial charge in [-0.25, -0.2) is 9.78 Å². The molecule has 1 amide bonds. The number of hydrogen-bond donors (Lipinski definition) is 2. The second-order valence-electron chi connectivity index (χ2n) is 5.77. The van der Waals surface area contributed by atoms with E-state index in [9.17, 15) is 9.59 Å². The number of aryl methyl sites for hydroxylation is 1. The zero-order valence-electron chi connectivity index (χ0n) is 13.7. The molecule has 2 aromatic carbocycles. The monoisotopic (exact) mass is 365 g/mol. The first-order chi connectivity index (χ1) is 12.7. The van der Waals surface area contributed by atoms with Crippen molar-refractivity contribution in [2.45, 2.75) is 12.8 Å². The number of nitrogens with one attached hydrogen (secondary N) is 2. The van der Waals surface area contributed by atoms with Gasteiger partial charge in [-0.15, -0.1) is 11.3 Å². The Morgan fingerprint density at radius 1 is 1.19 bits per heavy atom. The average molecular weight is 365 g/mol. The molecule has 0 aliphatic heterocycles. The van der Waals surface area contributed by atoms with E-state index in [2.05, 4.69) is 15.3 Å². The fraction of sp³-hybridized carbons (Fsp3) is 0.105. The summed E-state index contributed by atoms with van der Waals surface area (Å²) in [6.45, 7) is 0. The lowest BCUT2D eigenvalue weighted by molar-refractivity contribution is -0.116. The highest BCUT2D eigenvalue weighted by Gasteiger charge is 2.09. The number of nitrogens with zero attached hydrogens (tertiary/aromatic N) is 1. The highest BCUT2D eigenvalue weighted by Crippen LogP contribution is 2.22. The van der Waals surface area contributed by atoms with Crippen LogP contribution in [0.4, 0.5) is 5.69 Å². The predicted molar refractivity (Wildman–Crippen MR) is 101 cm³/mol. The van der Waals surface area contributed by atoms with Crippen molar-refractivity contribution in [3.05, 3.63) is 69.5 Å². The number of aromatic amines is 1. The minimum absolute atomic E-state index is 0.112. The van der Waals surface area contributed by atoms with Crippen molar-refractivity contribution in [1.29, 1.82) is 0 Å². The maximum absolute atomic E-state index is 12.2. The maximum Gasteiger partial charge on any atom is 0.417 e. The van der Waals surface area contributed by atoms with E-state index in [0.29, 0.717) is 29.6 Å². The second-order valence-corrected chi connectivity index (χ2v) is 6.71. The summed E-state index contributed by atoms with van der Waals surface area (Å²) in [6, 6.07) is 15.0. The van der Waals surface area contributed by atoms with Gasteiger partial charge in [0.15, 0.2) is 5.58 Å². The van der Waals surface area contributed by atoms with Crippen molar-refractivity contribution in [3.8, 4) is 11.3 Å². The Morgan fingerprint density at radius 2 is 2.04 bits per heavy atom. The van der Waals surface area contributed by atoms with Crippen LogP contribution < -0.4 is 11.1 Å². The number of rotatable bonds is 5. The molecule has 0 radical (unpaired) electrons. The standard InChI is InChI=1S/C19H15N3O3S/c23-17(20-13-6-7-14-16(10-13)25-19(24)22-14)8-9-18-21-15(11-26-18)12-4-2-1-3-5-12/h1-7,10-11H,8-9H2,(H,20,23)(H,22,24). The Kier molecular flexibility index (Phi) is 4.37. The van der Waals surface area contributed by atoms with E-state index in [4.69, 9.17) is 4.42 Å². The number of anilines is 1. The van der Waals surface area contributed by atoms with Gasteiger partial charge in [0.05, 0.1) is 16.2 Å². The quantitative estimate of drug-likeness (QED) is 0.563.